The molecule has 0 aliphatic carbocycles. The first-order valence-electron chi connectivity index (χ1n) is 15.5. The maximum absolute atomic E-state index is 12.0. The fourth-order valence-corrected chi connectivity index (χ4v) is 5.11. The molecule has 0 aliphatic rings. The number of ether oxygens (including phenoxy) is 4. The highest BCUT2D eigenvalue weighted by molar-refractivity contribution is 6.30. The van der Waals surface area contributed by atoms with E-state index in [2.05, 4.69) is 36.3 Å². The monoisotopic (exact) mass is 621 g/mol. The number of carbonyl (C=O) groups is 1. The number of methoxy groups -OCH3 is 1. The first-order valence-corrected chi connectivity index (χ1v) is 15.9. The average Bonchev–Trinajstić information content (AvgIpc) is 3.41. The second-order valence-electron chi connectivity index (χ2n) is 10.6. The smallest absolute Gasteiger partial charge is 0.343 e. The van der Waals surface area contributed by atoms with E-state index in [-0.39, 0.29) is 6.61 Å². The minimum Gasteiger partial charge on any atom is -0.493 e. The van der Waals surface area contributed by atoms with Crippen LogP contribution in [0.2, 0.25) is 5.02 Å². The van der Waals surface area contributed by atoms with Gasteiger partial charge in [-0.1, -0.05) is 50.9 Å². The molecule has 1 aromatic heterocycles. The molecule has 1 heterocycles. The maximum Gasteiger partial charge on any atom is 0.343 e. The normalized spacial score (nSPS) is 11.2. The second-order valence-corrected chi connectivity index (χ2v) is 11.0. The van der Waals surface area contributed by atoms with E-state index in [0.29, 0.717) is 29.7 Å². The number of esters is 1. The molecule has 236 valence electrons. The van der Waals surface area contributed by atoms with Gasteiger partial charge in [0.1, 0.15) is 23.1 Å². The van der Waals surface area contributed by atoms with Crippen LogP contribution in [0.1, 0.15) is 45.6 Å². The third-order valence-electron chi connectivity index (χ3n) is 7.58. The zero-order valence-electron chi connectivity index (χ0n) is 26.3. The van der Waals surface area contributed by atoms with Gasteiger partial charge >= 0.3 is 5.97 Å². The number of unbranched alkanes of at least 4 members (excludes halogenated alkanes) is 1. The summed E-state index contributed by atoms with van der Waals surface area (Å²) in [5, 5.41) is 0.706. The molecule has 0 fully saturated rings. The summed E-state index contributed by atoms with van der Waals surface area (Å²) in [6, 6.07) is 19.4. The molecule has 8 nitrogen and oxygen atoms in total. The van der Waals surface area contributed by atoms with Gasteiger partial charge in [0.2, 0.25) is 0 Å². The predicted octanol–water partition coefficient (Wildman–Crippen LogP) is 7.44. The van der Waals surface area contributed by atoms with Crippen molar-refractivity contribution in [3.63, 3.8) is 0 Å². The third-order valence-corrected chi connectivity index (χ3v) is 7.83. The molecule has 0 aliphatic heterocycles. The molecule has 0 bridgehead atoms. The number of hydrogen-bond acceptors (Lipinski definition) is 7. The summed E-state index contributed by atoms with van der Waals surface area (Å²) in [5.74, 6) is 2.26. The highest BCUT2D eigenvalue weighted by Crippen LogP contribution is 2.36. The summed E-state index contributed by atoms with van der Waals surface area (Å²) >= 11 is 6.01. The van der Waals surface area contributed by atoms with E-state index in [1.807, 2.05) is 54.6 Å². The van der Waals surface area contributed by atoms with Crippen LogP contribution in [0.25, 0.3) is 22.4 Å². The first kappa shape index (κ1) is 33.1. The van der Waals surface area contributed by atoms with E-state index in [4.69, 9.17) is 35.5 Å². The Bertz CT molecular complexity index is 1480. The average molecular weight is 622 g/mol. The number of nitrogens with zero attached hydrogens (tertiary/aromatic N) is 3. The van der Waals surface area contributed by atoms with Crippen molar-refractivity contribution in [2.24, 2.45) is 0 Å². The first-order chi connectivity index (χ1) is 21.4. The fraction of sp³-hybridized carbons (Fsp3) is 0.429. The highest BCUT2D eigenvalue weighted by atomic mass is 35.5. The molecule has 0 amide bonds. The summed E-state index contributed by atoms with van der Waals surface area (Å²) in [6.45, 7) is 11.3. The van der Waals surface area contributed by atoms with Crippen molar-refractivity contribution in [1.82, 2.24) is 14.5 Å². The molecule has 9 heteroatoms. The van der Waals surface area contributed by atoms with Gasteiger partial charge in [-0.25, -0.2) is 9.78 Å². The molecular weight excluding hydrogens is 578 g/mol. The molecular formula is C35H44ClN3O5. The van der Waals surface area contributed by atoms with Gasteiger partial charge in [0.05, 0.1) is 36.9 Å². The molecule has 4 rings (SSSR count). The lowest BCUT2D eigenvalue weighted by Gasteiger charge is -2.17. The van der Waals surface area contributed by atoms with Gasteiger partial charge in [-0.05, 0) is 67.9 Å². The minimum atomic E-state index is -0.465. The van der Waals surface area contributed by atoms with Gasteiger partial charge in [-0.3, -0.25) is 0 Å². The van der Waals surface area contributed by atoms with Crippen LogP contribution < -0.4 is 14.2 Å². The topological polar surface area (TPSA) is 75.0 Å². The molecule has 0 unspecified atom stereocenters. The van der Waals surface area contributed by atoms with Gasteiger partial charge in [0, 0.05) is 36.7 Å². The van der Waals surface area contributed by atoms with Crippen LogP contribution in [0.3, 0.4) is 0 Å². The summed E-state index contributed by atoms with van der Waals surface area (Å²) in [7, 11) is 1.34. The van der Waals surface area contributed by atoms with Crippen molar-refractivity contribution >= 4 is 28.6 Å². The second kappa shape index (κ2) is 16.9. The van der Waals surface area contributed by atoms with Crippen molar-refractivity contribution in [3.05, 3.63) is 71.2 Å². The molecule has 0 atom stereocenters. The van der Waals surface area contributed by atoms with Crippen molar-refractivity contribution in [2.45, 2.75) is 53.0 Å². The summed E-state index contributed by atoms with van der Waals surface area (Å²) in [6.07, 6.45) is 3.71. The Balaban J connectivity index is 1.59. The largest absolute Gasteiger partial charge is 0.493 e. The number of imidazole rings is 1. The van der Waals surface area contributed by atoms with Gasteiger partial charge in [0.25, 0.3) is 0 Å². The van der Waals surface area contributed by atoms with Crippen LogP contribution in [-0.4, -0.2) is 67.0 Å². The lowest BCUT2D eigenvalue weighted by atomic mass is 10.1. The summed E-state index contributed by atoms with van der Waals surface area (Å²) in [5.41, 5.74) is 3.77. The van der Waals surface area contributed by atoms with E-state index < -0.39 is 5.97 Å². The number of rotatable bonds is 18. The van der Waals surface area contributed by atoms with Crippen LogP contribution in [0, 0.1) is 0 Å². The summed E-state index contributed by atoms with van der Waals surface area (Å²) < 4.78 is 25.3. The third kappa shape index (κ3) is 9.13. The Hall–Kier alpha value is -3.75. The molecule has 0 radical (unpaired) electrons. The zero-order chi connectivity index (χ0) is 31.3. The Morgan fingerprint density at radius 1 is 0.886 bits per heavy atom. The lowest BCUT2D eigenvalue weighted by Crippen LogP contribution is -2.25. The number of fused-ring (bicyclic) bond motifs is 1. The fourth-order valence-electron chi connectivity index (χ4n) is 4.99. The summed E-state index contributed by atoms with van der Waals surface area (Å²) in [4.78, 5) is 19.4. The lowest BCUT2D eigenvalue weighted by molar-refractivity contribution is -0.142. The van der Waals surface area contributed by atoms with E-state index in [1.165, 1.54) is 7.11 Å². The van der Waals surface area contributed by atoms with Crippen molar-refractivity contribution < 1.29 is 23.7 Å². The Labute approximate surface area is 265 Å². The van der Waals surface area contributed by atoms with E-state index >= 15 is 0 Å². The van der Waals surface area contributed by atoms with Gasteiger partial charge in [-0.15, -0.1) is 0 Å². The number of benzene rings is 3. The standard InChI is InChI=1S/C35H44ClN3O5/c1-5-8-20-39-32-23-28(42-21-9-19-38(6-2)7-3)15-17-31(32)37-35(39)30-16-14-29(24-33(30)44-25-34(40)41-4)43-22-18-26-10-12-27(36)13-11-26/h10-17,23-24H,5-9,18-22,25H2,1-4H3. The SMILES string of the molecule is CCCCn1c(-c2ccc(OCCc3ccc(Cl)cc3)cc2OCC(=O)OC)nc2ccc(OCCCN(CC)CC)cc21. The molecule has 0 saturated heterocycles. The zero-order valence-corrected chi connectivity index (χ0v) is 27.1. The number of carbonyl (C=O) groups excluding carboxylic acids is 1. The molecule has 0 spiro atoms. The van der Waals surface area contributed by atoms with E-state index in [1.54, 1.807) is 0 Å². The van der Waals surface area contributed by atoms with Crippen LogP contribution in [0.4, 0.5) is 0 Å². The number of aromatic nitrogens is 2. The van der Waals surface area contributed by atoms with Gasteiger partial charge in [-0.2, -0.15) is 0 Å². The number of halogens is 1. The Morgan fingerprint density at radius 3 is 2.34 bits per heavy atom. The van der Waals surface area contributed by atoms with Crippen LogP contribution >= 0.6 is 11.6 Å². The molecule has 0 N–H and O–H groups in total. The van der Waals surface area contributed by atoms with Crippen LogP contribution in [0.15, 0.2) is 60.7 Å². The van der Waals surface area contributed by atoms with Crippen molar-refractivity contribution in [3.8, 4) is 28.6 Å². The molecule has 3 aromatic carbocycles. The van der Waals surface area contributed by atoms with E-state index in [0.717, 1.165) is 85.6 Å². The van der Waals surface area contributed by atoms with Crippen LogP contribution in [-0.2, 0) is 22.5 Å². The maximum atomic E-state index is 12.0. The van der Waals surface area contributed by atoms with Crippen molar-refractivity contribution in [2.75, 3.05) is 46.6 Å². The van der Waals surface area contributed by atoms with E-state index in [9.17, 15) is 4.79 Å². The van der Waals surface area contributed by atoms with Gasteiger partial charge < -0.3 is 28.4 Å². The van der Waals surface area contributed by atoms with Crippen LogP contribution in [0.5, 0.6) is 17.2 Å². The van der Waals surface area contributed by atoms with Gasteiger partial charge in [0.15, 0.2) is 6.61 Å². The quantitative estimate of drug-likeness (QED) is 0.0844. The number of hydrogen-bond donors (Lipinski definition) is 0. The highest BCUT2D eigenvalue weighted by Gasteiger charge is 2.19. The minimum absolute atomic E-state index is 0.224. The predicted molar refractivity (Wildman–Crippen MR) is 176 cm³/mol. The number of aryl methyl sites for hydroxylation is 1. The Kier molecular flexibility index (Phi) is 12.8. The Morgan fingerprint density at radius 2 is 1.61 bits per heavy atom. The molecule has 4 aromatic rings. The van der Waals surface area contributed by atoms with Crippen molar-refractivity contribution in [1.29, 1.82) is 0 Å². The molecule has 44 heavy (non-hydrogen) atoms. The molecule has 0 saturated carbocycles.